The predicted molar refractivity (Wildman–Crippen MR) is 81.2 cm³/mol. The third-order valence-electron chi connectivity index (χ3n) is 3.57. The van der Waals surface area contributed by atoms with E-state index >= 15 is 0 Å². The molecule has 0 atom stereocenters. The van der Waals surface area contributed by atoms with Gasteiger partial charge in [-0.2, -0.15) is 0 Å². The Morgan fingerprint density at radius 2 is 2.19 bits per heavy atom. The third-order valence-corrected chi connectivity index (χ3v) is 3.57. The van der Waals surface area contributed by atoms with Crippen LogP contribution in [0.15, 0.2) is 18.6 Å². The number of nitrogens with zero attached hydrogens (tertiary/aromatic N) is 4. The lowest BCUT2D eigenvalue weighted by molar-refractivity contribution is 0.0378. The first-order valence-corrected chi connectivity index (χ1v) is 7.21. The molecule has 1 aliphatic rings. The molecule has 21 heavy (non-hydrogen) atoms. The van der Waals surface area contributed by atoms with Gasteiger partial charge in [-0.15, -0.1) is 0 Å². The zero-order valence-electron chi connectivity index (χ0n) is 12.0. The lowest BCUT2D eigenvalue weighted by atomic mass is 10.3. The summed E-state index contributed by atoms with van der Waals surface area (Å²) in [6, 6.07) is 0. The highest BCUT2D eigenvalue weighted by atomic mass is 16.5. The van der Waals surface area contributed by atoms with E-state index in [0.717, 1.165) is 57.3 Å². The second-order valence-electron chi connectivity index (χ2n) is 5.01. The summed E-state index contributed by atoms with van der Waals surface area (Å²) in [5, 5.41) is 3.34. The molecule has 0 amide bonds. The Balaban J connectivity index is 1.55. The molecule has 2 aromatic rings. The molecule has 8 heteroatoms. The van der Waals surface area contributed by atoms with Crippen molar-refractivity contribution in [2.45, 2.75) is 6.42 Å². The summed E-state index contributed by atoms with van der Waals surface area (Å²) in [6.45, 7) is 5.64. The van der Waals surface area contributed by atoms with E-state index in [1.807, 2.05) is 10.6 Å². The highest BCUT2D eigenvalue weighted by Crippen LogP contribution is 2.15. The number of nitrogen functional groups attached to an aromatic ring is 1. The van der Waals surface area contributed by atoms with Crippen molar-refractivity contribution in [3.8, 4) is 0 Å². The van der Waals surface area contributed by atoms with Crippen molar-refractivity contribution in [3.63, 3.8) is 0 Å². The number of aromatic nitrogens is 3. The lowest BCUT2D eigenvalue weighted by Crippen LogP contribution is -2.37. The van der Waals surface area contributed by atoms with Crippen LogP contribution in [0, 0.1) is 0 Å². The fourth-order valence-corrected chi connectivity index (χ4v) is 2.45. The van der Waals surface area contributed by atoms with Gasteiger partial charge in [0.05, 0.1) is 19.4 Å². The van der Waals surface area contributed by atoms with Crippen LogP contribution in [0.2, 0.25) is 0 Å². The first kappa shape index (κ1) is 14.1. The van der Waals surface area contributed by atoms with Crippen LogP contribution in [0.5, 0.6) is 0 Å². The molecule has 0 spiro atoms. The Kier molecular flexibility index (Phi) is 4.49. The number of hydrogen-bond acceptors (Lipinski definition) is 7. The molecule has 3 heterocycles. The second-order valence-corrected chi connectivity index (χ2v) is 5.01. The van der Waals surface area contributed by atoms with Crippen molar-refractivity contribution in [2.24, 2.45) is 5.84 Å². The number of anilines is 2. The predicted octanol–water partition coefficient (Wildman–Crippen LogP) is 0.149. The Bertz CT molecular complexity index is 579. The molecule has 0 aliphatic carbocycles. The summed E-state index contributed by atoms with van der Waals surface area (Å²) in [7, 11) is 0. The molecular formula is C13H21N7O. The van der Waals surface area contributed by atoms with E-state index in [4.69, 9.17) is 10.6 Å². The molecule has 114 valence electrons. The minimum atomic E-state index is 0.608. The summed E-state index contributed by atoms with van der Waals surface area (Å²) < 4.78 is 7.24. The van der Waals surface area contributed by atoms with E-state index in [9.17, 15) is 0 Å². The monoisotopic (exact) mass is 291 g/mol. The Morgan fingerprint density at radius 1 is 1.33 bits per heavy atom. The Hall–Kier alpha value is -1.90. The SMILES string of the molecule is NNc1cn2ccnc2c(NCCCN2CCOCC2)n1. The van der Waals surface area contributed by atoms with Crippen LogP contribution < -0.4 is 16.6 Å². The Morgan fingerprint density at radius 3 is 3.00 bits per heavy atom. The average Bonchev–Trinajstić information content (AvgIpc) is 3.00. The molecule has 0 aromatic carbocycles. The molecule has 1 saturated heterocycles. The van der Waals surface area contributed by atoms with Gasteiger partial charge >= 0.3 is 0 Å². The van der Waals surface area contributed by atoms with Gasteiger partial charge in [0.25, 0.3) is 0 Å². The van der Waals surface area contributed by atoms with Crippen molar-refractivity contribution >= 4 is 17.3 Å². The van der Waals surface area contributed by atoms with Gasteiger partial charge in [-0.1, -0.05) is 0 Å². The molecule has 0 unspecified atom stereocenters. The van der Waals surface area contributed by atoms with Gasteiger partial charge in [0.1, 0.15) is 0 Å². The van der Waals surface area contributed by atoms with E-state index in [1.54, 1.807) is 12.4 Å². The topological polar surface area (TPSA) is 92.7 Å². The number of morpholine rings is 1. The minimum Gasteiger partial charge on any atom is -0.379 e. The molecule has 1 fully saturated rings. The van der Waals surface area contributed by atoms with Crippen LogP contribution in [-0.4, -0.2) is 58.7 Å². The number of hydrogen-bond donors (Lipinski definition) is 3. The fourth-order valence-electron chi connectivity index (χ4n) is 2.45. The molecule has 2 aromatic heterocycles. The van der Waals surface area contributed by atoms with Crippen LogP contribution >= 0.6 is 0 Å². The molecule has 1 aliphatic heterocycles. The number of fused-ring (bicyclic) bond motifs is 1. The molecule has 0 bridgehead atoms. The first-order chi connectivity index (χ1) is 10.4. The van der Waals surface area contributed by atoms with E-state index in [2.05, 4.69) is 25.6 Å². The highest BCUT2D eigenvalue weighted by molar-refractivity contribution is 5.65. The second kappa shape index (κ2) is 6.70. The smallest absolute Gasteiger partial charge is 0.180 e. The molecule has 4 N–H and O–H groups in total. The van der Waals surface area contributed by atoms with Crippen LogP contribution in [-0.2, 0) is 4.74 Å². The number of ether oxygens (including phenoxy) is 1. The molecular weight excluding hydrogens is 270 g/mol. The van der Waals surface area contributed by atoms with E-state index in [-0.39, 0.29) is 0 Å². The lowest BCUT2D eigenvalue weighted by Gasteiger charge is -2.26. The summed E-state index contributed by atoms with van der Waals surface area (Å²) in [4.78, 5) is 11.1. The summed E-state index contributed by atoms with van der Waals surface area (Å²) in [6.07, 6.45) is 6.48. The van der Waals surface area contributed by atoms with Crippen molar-refractivity contribution in [1.29, 1.82) is 0 Å². The van der Waals surface area contributed by atoms with E-state index in [1.165, 1.54) is 0 Å². The summed E-state index contributed by atoms with van der Waals surface area (Å²) >= 11 is 0. The van der Waals surface area contributed by atoms with E-state index < -0.39 is 0 Å². The van der Waals surface area contributed by atoms with Gasteiger partial charge in [0, 0.05) is 32.0 Å². The van der Waals surface area contributed by atoms with Gasteiger partial charge in [0.15, 0.2) is 17.3 Å². The summed E-state index contributed by atoms with van der Waals surface area (Å²) in [5.74, 6) is 6.79. The van der Waals surface area contributed by atoms with Gasteiger partial charge in [-0.05, 0) is 13.0 Å². The molecule has 0 saturated carbocycles. The maximum Gasteiger partial charge on any atom is 0.180 e. The molecule has 8 nitrogen and oxygen atoms in total. The molecule has 0 radical (unpaired) electrons. The van der Waals surface area contributed by atoms with Crippen molar-refractivity contribution in [3.05, 3.63) is 18.6 Å². The van der Waals surface area contributed by atoms with Crippen molar-refractivity contribution in [1.82, 2.24) is 19.3 Å². The fraction of sp³-hybridized carbons (Fsp3) is 0.538. The zero-order chi connectivity index (χ0) is 14.5. The van der Waals surface area contributed by atoms with E-state index in [0.29, 0.717) is 5.82 Å². The number of imidazole rings is 1. The average molecular weight is 291 g/mol. The maximum atomic E-state index is 5.44. The number of hydrazine groups is 1. The normalized spacial score (nSPS) is 16.2. The third kappa shape index (κ3) is 3.41. The number of nitrogens with one attached hydrogen (secondary N) is 2. The summed E-state index contributed by atoms with van der Waals surface area (Å²) in [5.41, 5.74) is 3.38. The van der Waals surface area contributed by atoms with Gasteiger partial charge < -0.3 is 19.9 Å². The largest absolute Gasteiger partial charge is 0.379 e. The molecule has 3 rings (SSSR count). The van der Waals surface area contributed by atoms with Gasteiger partial charge in [-0.3, -0.25) is 4.90 Å². The van der Waals surface area contributed by atoms with Gasteiger partial charge in [0.2, 0.25) is 0 Å². The van der Waals surface area contributed by atoms with Crippen LogP contribution in [0.25, 0.3) is 5.65 Å². The minimum absolute atomic E-state index is 0.608. The zero-order valence-corrected chi connectivity index (χ0v) is 12.0. The van der Waals surface area contributed by atoms with Crippen LogP contribution in [0.1, 0.15) is 6.42 Å². The Labute approximate surface area is 123 Å². The highest BCUT2D eigenvalue weighted by Gasteiger charge is 2.10. The quantitative estimate of drug-likeness (QED) is 0.396. The maximum absolute atomic E-state index is 5.44. The number of rotatable bonds is 6. The van der Waals surface area contributed by atoms with Crippen molar-refractivity contribution in [2.75, 3.05) is 50.1 Å². The number of nitrogens with two attached hydrogens (primary N) is 1. The van der Waals surface area contributed by atoms with Gasteiger partial charge in [-0.25, -0.2) is 15.8 Å². The van der Waals surface area contributed by atoms with Crippen LogP contribution in [0.3, 0.4) is 0 Å². The first-order valence-electron chi connectivity index (χ1n) is 7.21. The van der Waals surface area contributed by atoms with Crippen molar-refractivity contribution < 1.29 is 4.74 Å². The standard InChI is InChI=1S/C13H21N7O/c14-18-11-10-20-5-3-16-13(20)12(17-11)15-2-1-4-19-6-8-21-9-7-19/h3,5,10,18H,1-2,4,6-9,14H2,(H,15,17). The van der Waals surface area contributed by atoms with Crippen LogP contribution in [0.4, 0.5) is 11.6 Å².